The Bertz CT molecular complexity index is 1170. The van der Waals surface area contributed by atoms with E-state index in [1.165, 1.54) is 41.3 Å². The molecule has 0 saturated carbocycles. The lowest BCUT2D eigenvalue weighted by molar-refractivity contribution is -0.123. The van der Waals surface area contributed by atoms with E-state index in [0.717, 1.165) is 26.6 Å². The molecule has 2 heterocycles. The van der Waals surface area contributed by atoms with Crippen LogP contribution >= 0.6 is 23.1 Å². The number of rotatable bonds is 7. The van der Waals surface area contributed by atoms with Crippen LogP contribution in [-0.4, -0.2) is 47.8 Å². The molecule has 0 spiro atoms. The van der Waals surface area contributed by atoms with Gasteiger partial charge in [-0.1, -0.05) is 42.5 Å². The summed E-state index contributed by atoms with van der Waals surface area (Å²) in [5, 5.41) is 5.67. The van der Waals surface area contributed by atoms with Crippen LogP contribution in [-0.2, 0) is 21.2 Å². The lowest BCUT2D eigenvalue weighted by Crippen LogP contribution is -2.47. The minimum Gasteiger partial charge on any atom is -0.354 e. The summed E-state index contributed by atoms with van der Waals surface area (Å²) < 4.78 is 40.9. The molecule has 2 aromatic carbocycles. The largest absolute Gasteiger partial charge is 0.354 e. The molecule has 162 valence electrons. The van der Waals surface area contributed by atoms with E-state index in [1.807, 2.05) is 35.7 Å². The number of aromatic nitrogens is 1. The SMILES string of the molecule is O=C(NCCc1csc(-c2ccccc2)n1)C1CSCN1S(=O)(=O)c1ccccc1F. The Hall–Kier alpha value is -2.27. The van der Waals surface area contributed by atoms with Crippen molar-refractivity contribution in [3.8, 4) is 10.6 Å². The molecule has 0 aliphatic carbocycles. The lowest BCUT2D eigenvalue weighted by atomic mass is 10.2. The first-order valence-corrected chi connectivity index (χ1v) is 13.1. The smallest absolute Gasteiger partial charge is 0.247 e. The van der Waals surface area contributed by atoms with Crippen LogP contribution in [0.5, 0.6) is 0 Å². The number of benzene rings is 2. The van der Waals surface area contributed by atoms with Crippen LogP contribution in [0.15, 0.2) is 64.9 Å². The molecule has 1 aromatic heterocycles. The number of halogens is 1. The monoisotopic (exact) mass is 477 g/mol. The molecule has 31 heavy (non-hydrogen) atoms. The van der Waals surface area contributed by atoms with Crippen molar-refractivity contribution in [3.63, 3.8) is 0 Å². The Balaban J connectivity index is 1.37. The van der Waals surface area contributed by atoms with Gasteiger partial charge in [0.25, 0.3) is 0 Å². The molecule has 10 heteroatoms. The average Bonchev–Trinajstić information content (AvgIpc) is 3.45. The Kier molecular flexibility index (Phi) is 6.71. The average molecular weight is 478 g/mol. The minimum absolute atomic E-state index is 0.112. The van der Waals surface area contributed by atoms with Crippen molar-refractivity contribution in [2.75, 3.05) is 18.2 Å². The Labute approximate surface area is 188 Å². The maximum atomic E-state index is 14.1. The highest BCUT2D eigenvalue weighted by Crippen LogP contribution is 2.29. The molecule has 6 nitrogen and oxygen atoms in total. The number of thiazole rings is 1. The highest BCUT2D eigenvalue weighted by molar-refractivity contribution is 8.00. The lowest BCUT2D eigenvalue weighted by Gasteiger charge is -2.22. The number of nitrogens with zero attached hydrogens (tertiary/aromatic N) is 2. The van der Waals surface area contributed by atoms with Gasteiger partial charge >= 0.3 is 0 Å². The van der Waals surface area contributed by atoms with Crippen molar-refractivity contribution in [1.82, 2.24) is 14.6 Å². The van der Waals surface area contributed by atoms with Gasteiger partial charge in [-0.15, -0.1) is 23.1 Å². The number of sulfonamides is 1. The van der Waals surface area contributed by atoms with Gasteiger partial charge < -0.3 is 5.32 Å². The van der Waals surface area contributed by atoms with Gasteiger partial charge in [0.05, 0.1) is 11.6 Å². The van der Waals surface area contributed by atoms with E-state index in [9.17, 15) is 17.6 Å². The predicted octanol–water partition coefficient (Wildman–Crippen LogP) is 3.37. The Morgan fingerprint density at radius 1 is 1.16 bits per heavy atom. The summed E-state index contributed by atoms with van der Waals surface area (Å²) >= 11 is 2.87. The third-order valence-corrected chi connectivity index (χ3v) is 8.82. The number of nitrogens with one attached hydrogen (secondary N) is 1. The van der Waals surface area contributed by atoms with Crippen LogP contribution in [0.3, 0.4) is 0 Å². The molecule has 1 fully saturated rings. The van der Waals surface area contributed by atoms with Crippen LogP contribution in [0.4, 0.5) is 4.39 Å². The first kappa shape index (κ1) is 21.9. The van der Waals surface area contributed by atoms with Gasteiger partial charge in [0.15, 0.2) is 0 Å². The molecule has 1 N–H and O–H groups in total. The van der Waals surface area contributed by atoms with Gasteiger partial charge in [-0.05, 0) is 12.1 Å². The molecule has 1 aliphatic heterocycles. The van der Waals surface area contributed by atoms with Gasteiger partial charge in [0.1, 0.15) is 21.8 Å². The van der Waals surface area contributed by atoms with Crippen molar-refractivity contribution in [3.05, 3.63) is 71.5 Å². The van der Waals surface area contributed by atoms with Crippen LogP contribution in [0.1, 0.15) is 5.69 Å². The first-order chi connectivity index (χ1) is 15.0. The fourth-order valence-electron chi connectivity index (χ4n) is 3.22. The van der Waals surface area contributed by atoms with Crippen LogP contribution in [0.25, 0.3) is 10.6 Å². The van der Waals surface area contributed by atoms with Crippen molar-refractivity contribution in [1.29, 1.82) is 0 Å². The predicted molar refractivity (Wildman–Crippen MR) is 121 cm³/mol. The summed E-state index contributed by atoms with van der Waals surface area (Å²) in [7, 11) is -4.10. The Morgan fingerprint density at radius 3 is 2.68 bits per heavy atom. The first-order valence-electron chi connectivity index (χ1n) is 9.58. The zero-order chi connectivity index (χ0) is 21.8. The van der Waals surface area contributed by atoms with E-state index in [-0.39, 0.29) is 11.8 Å². The zero-order valence-corrected chi connectivity index (χ0v) is 18.9. The molecule has 0 radical (unpaired) electrons. The molecule has 1 aliphatic rings. The number of carbonyl (C=O) groups is 1. The second-order valence-corrected chi connectivity index (χ2v) is 10.6. The fraction of sp³-hybridized carbons (Fsp3) is 0.238. The van der Waals surface area contributed by atoms with Crippen molar-refractivity contribution >= 4 is 39.0 Å². The Morgan fingerprint density at radius 2 is 1.90 bits per heavy atom. The van der Waals surface area contributed by atoms with Gasteiger partial charge in [0.2, 0.25) is 15.9 Å². The molecule has 0 bridgehead atoms. The molecule has 1 amide bonds. The summed E-state index contributed by atoms with van der Waals surface area (Å²) in [4.78, 5) is 16.9. The van der Waals surface area contributed by atoms with Gasteiger partial charge in [-0.25, -0.2) is 17.8 Å². The maximum absolute atomic E-state index is 14.1. The topological polar surface area (TPSA) is 79.4 Å². The van der Waals surface area contributed by atoms with E-state index in [4.69, 9.17) is 0 Å². The molecule has 1 unspecified atom stereocenters. The standard InChI is InChI=1S/C21H20FN3O3S3/c22-17-8-4-5-9-19(17)31(27,28)25-14-29-13-18(25)20(26)23-11-10-16-12-30-21(24-16)15-6-2-1-3-7-15/h1-9,12,18H,10-11,13-14H2,(H,23,26). The normalized spacial score (nSPS) is 17.0. The van der Waals surface area contributed by atoms with Gasteiger partial charge in [-0.2, -0.15) is 4.31 Å². The molecule has 4 rings (SSSR count). The van der Waals surface area contributed by atoms with Crippen LogP contribution in [0, 0.1) is 5.82 Å². The third kappa shape index (κ3) is 4.82. The molecule has 1 atom stereocenters. The third-order valence-electron chi connectivity index (χ3n) is 4.82. The van der Waals surface area contributed by atoms with Crippen LogP contribution < -0.4 is 5.32 Å². The summed E-state index contributed by atoms with van der Waals surface area (Å²) in [6.45, 7) is 0.339. The van der Waals surface area contributed by atoms with E-state index in [0.29, 0.717) is 18.7 Å². The molecule has 3 aromatic rings. The summed E-state index contributed by atoms with van der Waals surface area (Å²) in [6, 6.07) is 14.2. The second kappa shape index (κ2) is 9.47. The molecular weight excluding hydrogens is 457 g/mol. The summed E-state index contributed by atoms with van der Waals surface area (Å²) in [6.07, 6.45) is 0.537. The minimum atomic E-state index is -4.10. The highest BCUT2D eigenvalue weighted by atomic mass is 32.2. The van der Waals surface area contributed by atoms with Crippen molar-refractivity contribution < 1.29 is 17.6 Å². The van der Waals surface area contributed by atoms with E-state index >= 15 is 0 Å². The van der Waals surface area contributed by atoms with Gasteiger partial charge in [-0.3, -0.25) is 4.79 Å². The highest BCUT2D eigenvalue weighted by Gasteiger charge is 2.40. The maximum Gasteiger partial charge on any atom is 0.247 e. The zero-order valence-electron chi connectivity index (χ0n) is 16.4. The van der Waals surface area contributed by atoms with Crippen molar-refractivity contribution in [2.45, 2.75) is 17.4 Å². The van der Waals surface area contributed by atoms with Gasteiger partial charge in [0, 0.05) is 29.7 Å². The molecular formula is C21H20FN3O3S3. The van der Waals surface area contributed by atoms with Crippen molar-refractivity contribution in [2.24, 2.45) is 0 Å². The van der Waals surface area contributed by atoms with E-state index in [1.54, 1.807) is 0 Å². The number of carbonyl (C=O) groups excluding carboxylic acids is 1. The second-order valence-electron chi connectivity index (χ2n) is 6.89. The van der Waals surface area contributed by atoms with Crippen LogP contribution in [0.2, 0.25) is 0 Å². The number of hydrogen-bond donors (Lipinski definition) is 1. The number of hydrogen-bond acceptors (Lipinski definition) is 6. The quantitative estimate of drug-likeness (QED) is 0.565. The van der Waals surface area contributed by atoms with E-state index < -0.39 is 26.8 Å². The number of thioether (sulfide) groups is 1. The summed E-state index contributed by atoms with van der Waals surface area (Å²) in [5.74, 6) is -0.768. The fourth-order valence-corrected chi connectivity index (χ4v) is 7.29. The summed E-state index contributed by atoms with van der Waals surface area (Å²) in [5.41, 5.74) is 1.90. The molecule has 1 saturated heterocycles. The number of amides is 1. The van der Waals surface area contributed by atoms with E-state index in [2.05, 4.69) is 10.3 Å².